The predicted octanol–water partition coefficient (Wildman–Crippen LogP) is 1.37. The van der Waals surface area contributed by atoms with Crippen molar-refractivity contribution in [3.63, 3.8) is 0 Å². The van der Waals surface area contributed by atoms with Gasteiger partial charge in [-0.05, 0) is 12.8 Å². The Labute approximate surface area is 50.0 Å². The normalized spacial score (nSPS) is 26.0. The Hall–Kier alpha value is -0.460. The minimum absolute atomic E-state index is 1.33. The molecule has 0 aliphatic carbocycles. The molecule has 0 aromatic rings. The minimum atomic E-state index is 1.33. The highest BCUT2D eigenvalue weighted by Crippen LogP contribution is 2.25. The lowest BCUT2D eigenvalue weighted by atomic mass is 10.0. The van der Waals surface area contributed by atoms with E-state index in [2.05, 4.69) is 11.0 Å². The van der Waals surface area contributed by atoms with Gasteiger partial charge in [0.1, 0.15) is 0 Å². The molecule has 1 heteroatoms. The zero-order chi connectivity index (χ0) is 5.40. The van der Waals surface area contributed by atoms with Crippen LogP contribution in [-0.4, -0.2) is 18.0 Å². The third-order valence-corrected chi connectivity index (χ3v) is 2.06. The number of hydrogen-bond acceptors (Lipinski definition) is 1. The fourth-order valence-electron chi connectivity index (χ4n) is 1.44. The highest BCUT2D eigenvalue weighted by Gasteiger charge is 2.20. The van der Waals surface area contributed by atoms with Crippen LogP contribution in [0.2, 0.25) is 0 Å². The van der Waals surface area contributed by atoms with Gasteiger partial charge >= 0.3 is 0 Å². The van der Waals surface area contributed by atoms with E-state index < -0.39 is 0 Å². The topological polar surface area (TPSA) is 3.24 Å². The largest absolute Gasteiger partial charge is 0.375 e. The van der Waals surface area contributed by atoms with Crippen LogP contribution in [-0.2, 0) is 0 Å². The Bertz CT molecular complexity index is 126. The first-order chi connectivity index (χ1) is 3.97. The molecule has 0 aromatic carbocycles. The van der Waals surface area contributed by atoms with E-state index in [1.807, 2.05) is 0 Å². The maximum absolute atomic E-state index is 2.48. The molecule has 0 saturated carbocycles. The molecule has 2 aliphatic rings. The van der Waals surface area contributed by atoms with Crippen LogP contribution >= 0.6 is 0 Å². The van der Waals surface area contributed by atoms with Gasteiger partial charge in [0.2, 0.25) is 0 Å². The second-order valence-corrected chi connectivity index (χ2v) is 2.57. The van der Waals surface area contributed by atoms with Crippen molar-refractivity contribution in [2.24, 2.45) is 0 Å². The van der Waals surface area contributed by atoms with Gasteiger partial charge in [-0.2, -0.15) is 0 Å². The predicted molar refractivity (Wildman–Crippen MR) is 33.5 cm³/mol. The Morgan fingerprint density at radius 2 is 2.38 bits per heavy atom. The molecule has 1 nitrogen and oxygen atoms in total. The third-order valence-electron chi connectivity index (χ3n) is 2.06. The molecule has 0 radical (unpaired) electrons. The van der Waals surface area contributed by atoms with Gasteiger partial charge in [-0.25, -0.2) is 0 Å². The average Bonchev–Trinajstić information content (AvgIpc) is 1.72. The fourth-order valence-corrected chi connectivity index (χ4v) is 1.44. The van der Waals surface area contributed by atoms with Crippen LogP contribution in [0.4, 0.5) is 0 Å². The monoisotopic (exact) mass is 109 g/mol. The molecule has 0 spiro atoms. The summed E-state index contributed by atoms with van der Waals surface area (Å²) in [5, 5.41) is 0. The number of nitrogens with zero attached hydrogens (tertiary/aromatic N) is 1. The molecule has 2 heterocycles. The standard InChI is InChI=1S/C7H11N/c1-2-5-8-6-4-7(8)3-1/h3H,1-2,4-6H2. The van der Waals surface area contributed by atoms with Crippen molar-refractivity contribution >= 4 is 0 Å². The Morgan fingerprint density at radius 3 is 2.75 bits per heavy atom. The average molecular weight is 109 g/mol. The van der Waals surface area contributed by atoms with E-state index in [0.717, 1.165) is 0 Å². The summed E-state index contributed by atoms with van der Waals surface area (Å²) in [4.78, 5) is 2.48. The lowest BCUT2D eigenvalue weighted by Gasteiger charge is -2.39. The highest BCUT2D eigenvalue weighted by atomic mass is 15.2. The molecule has 0 N–H and O–H groups in total. The quantitative estimate of drug-likeness (QED) is 0.454. The van der Waals surface area contributed by atoms with Gasteiger partial charge in [0.15, 0.2) is 0 Å². The number of allylic oxidation sites excluding steroid dienone is 1. The molecule has 0 unspecified atom stereocenters. The molecule has 0 aromatic heterocycles. The molecule has 44 valence electrons. The van der Waals surface area contributed by atoms with Crippen LogP contribution in [0.15, 0.2) is 11.8 Å². The van der Waals surface area contributed by atoms with E-state index in [9.17, 15) is 0 Å². The van der Waals surface area contributed by atoms with Gasteiger partial charge in [-0.1, -0.05) is 6.08 Å². The second kappa shape index (κ2) is 1.51. The lowest BCUT2D eigenvalue weighted by Crippen LogP contribution is -2.37. The highest BCUT2D eigenvalue weighted by molar-refractivity contribution is 5.12. The Kier molecular flexibility index (Phi) is 0.833. The summed E-state index contributed by atoms with van der Waals surface area (Å²) in [6.07, 6.45) is 6.43. The van der Waals surface area contributed by atoms with Crippen LogP contribution < -0.4 is 0 Å². The van der Waals surface area contributed by atoms with Crippen LogP contribution in [0.25, 0.3) is 0 Å². The number of fused-ring (bicyclic) bond motifs is 1. The second-order valence-electron chi connectivity index (χ2n) is 2.57. The molecule has 0 bridgehead atoms. The number of rotatable bonds is 0. The Balaban J connectivity index is 2.13. The summed E-state index contributed by atoms with van der Waals surface area (Å²) in [6, 6.07) is 0. The van der Waals surface area contributed by atoms with E-state index in [4.69, 9.17) is 0 Å². The van der Waals surface area contributed by atoms with Gasteiger partial charge in [-0.15, -0.1) is 0 Å². The van der Waals surface area contributed by atoms with Crippen LogP contribution in [0.3, 0.4) is 0 Å². The van der Waals surface area contributed by atoms with Crippen molar-refractivity contribution in [1.82, 2.24) is 4.90 Å². The first kappa shape index (κ1) is 4.42. The molecule has 2 aliphatic heterocycles. The van der Waals surface area contributed by atoms with Crippen molar-refractivity contribution in [3.05, 3.63) is 11.8 Å². The summed E-state index contributed by atoms with van der Waals surface area (Å²) in [6.45, 7) is 2.65. The van der Waals surface area contributed by atoms with Crippen molar-refractivity contribution in [1.29, 1.82) is 0 Å². The van der Waals surface area contributed by atoms with Crippen LogP contribution in [0.1, 0.15) is 19.3 Å². The van der Waals surface area contributed by atoms with E-state index >= 15 is 0 Å². The molecule has 2 rings (SSSR count). The van der Waals surface area contributed by atoms with Crippen molar-refractivity contribution in [2.45, 2.75) is 19.3 Å². The first-order valence-corrected chi connectivity index (χ1v) is 3.41. The van der Waals surface area contributed by atoms with Crippen LogP contribution in [0.5, 0.6) is 0 Å². The zero-order valence-corrected chi connectivity index (χ0v) is 5.06. The van der Waals surface area contributed by atoms with E-state index in [1.165, 1.54) is 32.4 Å². The molecule has 0 atom stereocenters. The van der Waals surface area contributed by atoms with Gasteiger partial charge in [0.25, 0.3) is 0 Å². The van der Waals surface area contributed by atoms with Gasteiger partial charge in [0.05, 0.1) is 0 Å². The molecular weight excluding hydrogens is 98.1 g/mol. The van der Waals surface area contributed by atoms with E-state index in [-0.39, 0.29) is 0 Å². The van der Waals surface area contributed by atoms with E-state index in [0.29, 0.717) is 0 Å². The molecule has 1 fully saturated rings. The zero-order valence-electron chi connectivity index (χ0n) is 5.06. The van der Waals surface area contributed by atoms with Gasteiger partial charge in [-0.3, -0.25) is 0 Å². The fraction of sp³-hybridized carbons (Fsp3) is 0.714. The first-order valence-electron chi connectivity index (χ1n) is 3.41. The summed E-state index contributed by atoms with van der Waals surface area (Å²) >= 11 is 0. The Morgan fingerprint density at radius 1 is 1.38 bits per heavy atom. The minimum Gasteiger partial charge on any atom is -0.375 e. The third kappa shape index (κ3) is 0.473. The van der Waals surface area contributed by atoms with Gasteiger partial charge < -0.3 is 4.90 Å². The maximum Gasteiger partial charge on any atom is 0.0229 e. The van der Waals surface area contributed by atoms with Crippen LogP contribution in [0, 0.1) is 0 Å². The maximum atomic E-state index is 2.48. The van der Waals surface area contributed by atoms with Crippen molar-refractivity contribution in [3.8, 4) is 0 Å². The summed E-state index contributed by atoms with van der Waals surface area (Å²) in [5.41, 5.74) is 1.61. The molecule has 0 amide bonds. The summed E-state index contributed by atoms with van der Waals surface area (Å²) < 4.78 is 0. The van der Waals surface area contributed by atoms with Gasteiger partial charge in [0, 0.05) is 25.2 Å². The SMILES string of the molecule is C1=C2CCN2CCC1. The van der Waals surface area contributed by atoms with Crippen molar-refractivity contribution < 1.29 is 0 Å². The summed E-state index contributed by atoms with van der Waals surface area (Å²) in [7, 11) is 0. The van der Waals surface area contributed by atoms with Crippen molar-refractivity contribution in [2.75, 3.05) is 13.1 Å². The van der Waals surface area contributed by atoms with E-state index in [1.54, 1.807) is 5.70 Å². The molecular formula is C7H11N. The summed E-state index contributed by atoms with van der Waals surface area (Å²) in [5.74, 6) is 0. The smallest absolute Gasteiger partial charge is 0.0229 e. The lowest BCUT2D eigenvalue weighted by molar-refractivity contribution is 0.238. The molecule has 1 saturated heterocycles. The number of hydrogen-bond donors (Lipinski definition) is 0. The molecule has 8 heavy (non-hydrogen) atoms.